The molecule has 0 saturated carbocycles. The normalized spacial score (nSPS) is 14.6. The number of pyridine rings is 1. The van der Waals surface area contributed by atoms with Gasteiger partial charge in [0.2, 0.25) is 5.82 Å². The average molecular weight is 614 g/mol. The molecule has 9 nitrogen and oxygen atoms in total. The summed E-state index contributed by atoms with van der Waals surface area (Å²) in [6, 6.07) is 7.32. The van der Waals surface area contributed by atoms with Crippen LogP contribution in [-0.4, -0.2) is 48.3 Å². The number of nitrogens with zero attached hydrogens (tertiary/aromatic N) is 5. The maximum absolute atomic E-state index is 15.4. The summed E-state index contributed by atoms with van der Waals surface area (Å²) in [6.07, 6.45) is 2.47. The number of aromatic nitrogens is 5. The van der Waals surface area contributed by atoms with Crippen LogP contribution in [0.4, 0.5) is 17.6 Å². The highest BCUT2D eigenvalue weighted by Crippen LogP contribution is 2.29. The van der Waals surface area contributed by atoms with Gasteiger partial charge >= 0.3 is 5.97 Å². The lowest BCUT2D eigenvalue weighted by molar-refractivity contribution is -0.0589. The molecular weight excluding hydrogens is 594 g/mol. The fourth-order valence-electron chi connectivity index (χ4n) is 4.61. The molecule has 0 unspecified atom stereocenters. The van der Waals surface area contributed by atoms with E-state index in [1.54, 1.807) is 10.6 Å². The highest BCUT2D eigenvalue weighted by molar-refractivity contribution is 6.30. The Morgan fingerprint density at radius 3 is 2.56 bits per heavy atom. The molecular formula is C29H20ClF4N5O4. The first-order valence-electron chi connectivity index (χ1n) is 12.9. The largest absolute Gasteiger partial charge is 0.478 e. The highest BCUT2D eigenvalue weighted by Gasteiger charge is 2.24. The fraction of sp³-hybridized carbons (Fsp3) is 0.207. The predicted octanol–water partition coefficient (Wildman–Crippen LogP) is 5.76. The first kappa shape index (κ1) is 28.5. The van der Waals surface area contributed by atoms with Crippen molar-refractivity contribution in [1.29, 1.82) is 0 Å². The predicted molar refractivity (Wildman–Crippen MR) is 145 cm³/mol. The first-order chi connectivity index (χ1) is 20.7. The molecule has 0 amide bonds. The van der Waals surface area contributed by atoms with Gasteiger partial charge in [0.15, 0.2) is 5.82 Å². The molecule has 1 fully saturated rings. The van der Waals surface area contributed by atoms with Gasteiger partial charge in [-0.1, -0.05) is 11.6 Å². The Morgan fingerprint density at radius 2 is 1.84 bits per heavy atom. The molecule has 1 saturated heterocycles. The van der Waals surface area contributed by atoms with E-state index in [9.17, 15) is 18.7 Å². The van der Waals surface area contributed by atoms with Crippen LogP contribution in [0.2, 0.25) is 5.02 Å². The van der Waals surface area contributed by atoms with E-state index < -0.39 is 41.7 Å². The van der Waals surface area contributed by atoms with E-state index in [1.165, 1.54) is 18.3 Å². The molecule has 2 aromatic carbocycles. The fourth-order valence-corrected chi connectivity index (χ4v) is 4.75. The van der Waals surface area contributed by atoms with Gasteiger partial charge in [-0.05, 0) is 48.4 Å². The maximum Gasteiger partial charge on any atom is 0.335 e. The third kappa shape index (κ3) is 5.86. The van der Waals surface area contributed by atoms with E-state index in [0.29, 0.717) is 30.0 Å². The van der Waals surface area contributed by atoms with Gasteiger partial charge in [-0.15, -0.1) is 0 Å². The van der Waals surface area contributed by atoms with Crippen LogP contribution in [0, 0.1) is 23.3 Å². The van der Waals surface area contributed by atoms with Crippen LogP contribution in [0.3, 0.4) is 0 Å². The lowest BCUT2D eigenvalue weighted by Crippen LogP contribution is -2.31. The number of carboxylic acids is 1. The summed E-state index contributed by atoms with van der Waals surface area (Å²) in [5, 5.41) is 9.50. The van der Waals surface area contributed by atoms with E-state index in [1.807, 2.05) is 0 Å². The summed E-state index contributed by atoms with van der Waals surface area (Å²) in [7, 11) is 0. The Hall–Kier alpha value is -4.62. The van der Waals surface area contributed by atoms with Crippen molar-refractivity contribution in [3.05, 3.63) is 99.7 Å². The van der Waals surface area contributed by atoms with Gasteiger partial charge in [0.25, 0.3) is 5.88 Å². The zero-order valence-corrected chi connectivity index (χ0v) is 22.8. The first-order valence-corrected chi connectivity index (χ1v) is 13.3. The molecule has 5 aromatic rings. The molecule has 220 valence electrons. The minimum absolute atomic E-state index is 0.0336. The van der Waals surface area contributed by atoms with Crippen molar-refractivity contribution in [2.75, 3.05) is 6.61 Å². The second-order valence-corrected chi connectivity index (χ2v) is 10.2. The van der Waals surface area contributed by atoms with Crippen molar-refractivity contribution in [3.63, 3.8) is 0 Å². The Balaban J connectivity index is 1.29. The molecule has 0 aliphatic carbocycles. The molecule has 1 aliphatic rings. The van der Waals surface area contributed by atoms with E-state index in [2.05, 4.69) is 19.9 Å². The number of carboxylic acid groups (broad SMARTS) is 1. The van der Waals surface area contributed by atoms with Crippen molar-refractivity contribution in [2.24, 2.45) is 0 Å². The number of benzene rings is 2. The monoisotopic (exact) mass is 613 g/mol. The van der Waals surface area contributed by atoms with Gasteiger partial charge in [0.1, 0.15) is 35.6 Å². The van der Waals surface area contributed by atoms with Gasteiger partial charge in [0, 0.05) is 19.2 Å². The van der Waals surface area contributed by atoms with E-state index in [4.69, 9.17) is 21.1 Å². The minimum atomic E-state index is -1.11. The number of aromatic carboxylic acids is 1. The van der Waals surface area contributed by atoms with Gasteiger partial charge in [0.05, 0.1) is 46.0 Å². The second kappa shape index (κ2) is 11.6. The number of rotatable bonds is 9. The van der Waals surface area contributed by atoms with Crippen LogP contribution in [0.25, 0.3) is 22.4 Å². The number of ether oxygens (including phenoxy) is 2. The summed E-state index contributed by atoms with van der Waals surface area (Å²) in [5.41, 5.74) is 0.535. The lowest BCUT2D eigenvalue weighted by Gasteiger charge is -2.27. The molecule has 1 atom stereocenters. The third-order valence-electron chi connectivity index (χ3n) is 6.92. The summed E-state index contributed by atoms with van der Waals surface area (Å²) < 4.78 is 71.7. The summed E-state index contributed by atoms with van der Waals surface area (Å²) in [4.78, 5) is 27.5. The summed E-state index contributed by atoms with van der Waals surface area (Å²) in [5.74, 6) is -5.17. The molecule has 0 radical (unpaired) electrons. The maximum atomic E-state index is 15.4. The third-order valence-corrected chi connectivity index (χ3v) is 7.13. The van der Waals surface area contributed by atoms with Gasteiger partial charge in [-0.2, -0.15) is 9.37 Å². The second-order valence-electron chi connectivity index (χ2n) is 9.75. The molecule has 3 aromatic heterocycles. The lowest BCUT2D eigenvalue weighted by atomic mass is 10.1. The van der Waals surface area contributed by atoms with E-state index >= 15 is 8.78 Å². The topological polar surface area (TPSA) is 112 Å². The zero-order valence-electron chi connectivity index (χ0n) is 22.0. The number of fused-ring (bicyclic) bond motifs is 1. The van der Waals surface area contributed by atoms with Crippen LogP contribution in [0.15, 0.2) is 48.8 Å². The Labute approximate surface area is 245 Å². The molecule has 0 bridgehead atoms. The summed E-state index contributed by atoms with van der Waals surface area (Å²) in [6.45, 7) is 0.452. The quantitative estimate of drug-likeness (QED) is 0.209. The molecule has 43 heavy (non-hydrogen) atoms. The molecule has 4 heterocycles. The standard InChI is InChI=1S/C29H20ClF4N5O4/c30-16-8-21(33)24(35-10-16)13-43-28-22(34)11-36-27(38-28)18-9-19(31)15(5-20(18)32)7-26-37-23-2-1-14(29(40)41)6-25(23)39(26)12-17-3-4-42-17/h1-2,5-6,8-11,17H,3-4,7,12-13H2,(H,40,41)/t17-/m0/s1. The molecule has 14 heteroatoms. The highest BCUT2D eigenvalue weighted by atomic mass is 35.5. The van der Waals surface area contributed by atoms with E-state index in [0.717, 1.165) is 30.8 Å². The smallest absolute Gasteiger partial charge is 0.335 e. The minimum Gasteiger partial charge on any atom is -0.478 e. The number of halogens is 5. The van der Waals surface area contributed by atoms with Crippen molar-refractivity contribution >= 4 is 28.6 Å². The van der Waals surface area contributed by atoms with Crippen molar-refractivity contribution in [2.45, 2.75) is 32.1 Å². The number of hydrogen-bond donors (Lipinski definition) is 1. The Morgan fingerprint density at radius 1 is 1.02 bits per heavy atom. The zero-order chi connectivity index (χ0) is 30.2. The van der Waals surface area contributed by atoms with Crippen molar-refractivity contribution in [3.8, 4) is 17.3 Å². The number of hydrogen-bond acceptors (Lipinski definition) is 7. The van der Waals surface area contributed by atoms with Crippen LogP contribution in [0.1, 0.15) is 33.9 Å². The van der Waals surface area contributed by atoms with Gasteiger partial charge in [-0.25, -0.2) is 27.9 Å². The van der Waals surface area contributed by atoms with Crippen LogP contribution < -0.4 is 4.74 Å². The van der Waals surface area contributed by atoms with Crippen LogP contribution >= 0.6 is 11.6 Å². The van der Waals surface area contributed by atoms with Crippen LogP contribution in [-0.2, 0) is 24.3 Å². The molecule has 0 spiro atoms. The number of imidazole rings is 1. The SMILES string of the molecule is O=C(O)c1ccc2nc(Cc3cc(F)c(-c4ncc(F)c(OCc5ncc(Cl)cc5F)n4)cc3F)n(C[C@@H]3CCO3)c2c1. The summed E-state index contributed by atoms with van der Waals surface area (Å²) >= 11 is 5.68. The Kier molecular flexibility index (Phi) is 7.67. The molecule has 1 N–H and O–H groups in total. The van der Waals surface area contributed by atoms with Crippen LogP contribution in [0.5, 0.6) is 5.88 Å². The van der Waals surface area contributed by atoms with E-state index in [-0.39, 0.29) is 45.8 Å². The molecule has 1 aliphatic heterocycles. The Bertz CT molecular complexity index is 1880. The average Bonchev–Trinajstić information content (AvgIpc) is 3.28. The van der Waals surface area contributed by atoms with Gasteiger partial charge < -0.3 is 19.1 Å². The molecule has 6 rings (SSSR count). The van der Waals surface area contributed by atoms with Crippen molar-refractivity contribution < 1.29 is 36.9 Å². The number of carbonyl (C=O) groups is 1. The van der Waals surface area contributed by atoms with Gasteiger partial charge in [-0.3, -0.25) is 4.98 Å². The van der Waals surface area contributed by atoms with Crippen molar-refractivity contribution in [1.82, 2.24) is 24.5 Å².